The first-order chi connectivity index (χ1) is 6.63. The Kier molecular flexibility index (Phi) is 106. The fourth-order valence-electron chi connectivity index (χ4n) is 1.19. The maximum Gasteiger partial charge on any atom is 2.00 e. The average Bonchev–Trinajstić information content (AvgIpc) is 2.13. The molecule has 1 fully saturated rings. The molecule has 1 aliphatic carbocycles. The van der Waals surface area contributed by atoms with Gasteiger partial charge in [0.15, 0.2) is 0 Å². The number of rotatable bonds is 0. The number of hydrogen-bond donors (Lipinski definition) is 4. The van der Waals surface area contributed by atoms with E-state index in [0.29, 0.717) is 0 Å². The summed E-state index contributed by atoms with van der Waals surface area (Å²) in [7, 11) is 0. The van der Waals surface area contributed by atoms with Gasteiger partial charge in [0.05, 0.1) is 0 Å². The minimum Gasteiger partial charge on any atom is -1.00 e. The standard InChI is InChI=1S/C6H14N2.2CH2O2.2ClH.2H3N.2Pt/c7-5-3-1-2-4-6(5)8;2*2-1-3;;;;;;/h5-6H,1-4,7-8H2;2*1H,(H,2,3);2*1H;2*1H3;;/q;;;;;;;2*+2/p-4/t5-,6?;;;;;;;;/m1......../s1. The zero-order chi connectivity index (χ0) is 11.4. The number of halogens is 2. The molecule has 2 atom stereocenters. The van der Waals surface area contributed by atoms with Crippen LogP contribution in [0.2, 0.25) is 0 Å². The predicted molar refractivity (Wildman–Crippen MR) is 56.6 cm³/mol. The van der Waals surface area contributed by atoms with Crippen LogP contribution in [0.15, 0.2) is 0 Å². The average molecular weight is 699 g/mol. The Balaban J connectivity index is -0.0000000180. The first-order valence-corrected chi connectivity index (χ1v) is 4.26. The molecule has 1 saturated carbocycles. The summed E-state index contributed by atoms with van der Waals surface area (Å²) in [5.41, 5.74) is 11.3. The molecule has 0 amide bonds. The van der Waals surface area contributed by atoms with Crippen LogP contribution < -0.4 is 58.8 Å². The third-order valence-electron chi connectivity index (χ3n) is 1.87. The molecule has 12 heteroatoms. The van der Waals surface area contributed by atoms with Gasteiger partial charge in [-0.15, -0.1) is 0 Å². The van der Waals surface area contributed by atoms with E-state index in [1.807, 2.05) is 0 Å². The molecule has 0 aromatic heterocycles. The van der Waals surface area contributed by atoms with Gasteiger partial charge in [0.25, 0.3) is 0 Å². The summed E-state index contributed by atoms with van der Waals surface area (Å²) < 4.78 is 0. The van der Waals surface area contributed by atoms with Crippen LogP contribution in [0.3, 0.4) is 0 Å². The number of carboxylic acid groups (broad SMARTS) is 2. The van der Waals surface area contributed by atoms with E-state index in [1.165, 1.54) is 12.8 Å². The molecule has 0 heterocycles. The van der Waals surface area contributed by atoms with Crippen LogP contribution in [0.25, 0.3) is 0 Å². The molecule has 20 heavy (non-hydrogen) atoms. The third kappa shape index (κ3) is 42.8. The van der Waals surface area contributed by atoms with Gasteiger partial charge < -0.3 is 68.4 Å². The van der Waals surface area contributed by atoms with Crippen LogP contribution in [0.5, 0.6) is 0 Å². The van der Waals surface area contributed by atoms with E-state index >= 15 is 0 Å². The van der Waals surface area contributed by atoms with Crippen LogP contribution in [0.4, 0.5) is 0 Å². The van der Waals surface area contributed by atoms with Crippen molar-refractivity contribution in [1.82, 2.24) is 12.3 Å². The van der Waals surface area contributed by atoms with Crippen LogP contribution in [-0.4, -0.2) is 25.0 Å². The number of hydrogen-bond acceptors (Lipinski definition) is 8. The second kappa shape index (κ2) is 42.7. The van der Waals surface area contributed by atoms with E-state index in [4.69, 9.17) is 31.3 Å². The van der Waals surface area contributed by atoms with E-state index in [9.17, 15) is 0 Å². The van der Waals surface area contributed by atoms with Crippen molar-refractivity contribution in [2.75, 3.05) is 0 Å². The number of carbonyl (C=O) groups excluding carboxylic acids is 2. The SMILES string of the molecule is N.N.NC1CCCC[C@H]1N.O=C[O-].O=C[O-].[Cl-].[Cl-].[Pt+2].[Pt+2]. The summed E-state index contributed by atoms with van der Waals surface area (Å²) in [6.45, 7) is -1.00. The van der Waals surface area contributed by atoms with E-state index < -0.39 is 12.9 Å². The number of nitrogens with two attached hydrogens (primary N) is 2. The minimum absolute atomic E-state index is 0. The van der Waals surface area contributed by atoms with Crippen molar-refractivity contribution in [3.8, 4) is 0 Å². The monoisotopic (exact) mass is 698 g/mol. The van der Waals surface area contributed by atoms with Crippen LogP contribution >= 0.6 is 0 Å². The molecule has 8 nitrogen and oxygen atoms in total. The van der Waals surface area contributed by atoms with E-state index in [2.05, 4.69) is 0 Å². The quantitative estimate of drug-likeness (QED) is 0.179. The Labute approximate surface area is 160 Å². The molecular weight excluding hydrogens is 677 g/mol. The molecule has 0 aromatic rings. The van der Waals surface area contributed by atoms with Crippen LogP contribution in [0.1, 0.15) is 25.7 Å². The molecule has 0 aromatic carbocycles. The molecule has 0 aliphatic heterocycles. The number of carbonyl (C=O) groups is 2. The van der Waals surface area contributed by atoms with Crippen molar-refractivity contribution >= 4 is 12.9 Å². The molecule has 10 N–H and O–H groups in total. The molecule has 0 spiro atoms. The smallest absolute Gasteiger partial charge is 1.00 e. The van der Waals surface area contributed by atoms with Gasteiger partial charge in [-0.05, 0) is 12.8 Å². The van der Waals surface area contributed by atoms with Crippen molar-refractivity contribution in [3.63, 3.8) is 0 Å². The summed E-state index contributed by atoms with van der Waals surface area (Å²) in [5.74, 6) is 0. The van der Waals surface area contributed by atoms with Gasteiger partial charge in [-0.1, -0.05) is 12.8 Å². The van der Waals surface area contributed by atoms with Crippen molar-refractivity contribution < 1.29 is 86.7 Å². The second-order valence-electron chi connectivity index (χ2n) is 2.80. The normalized spacial score (nSPS) is 17.1. The molecule has 132 valence electrons. The second-order valence-corrected chi connectivity index (χ2v) is 2.80. The minimum atomic E-state index is -0.500. The van der Waals surface area contributed by atoms with Gasteiger partial charge in [0.2, 0.25) is 0 Å². The maximum absolute atomic E-state index is 8.25. The Morgan fingerprint density at radius 2 is 0.950 bits per heavy atom. The summed E-state index contributed by atoms with van der Waals surface area (Å²) in [6.07, 6.45) is 4.80. The first-order valence-electron chi connectivity index (χ1n) is 4.26. The molecule has 0 bridgehead atoms. The van der Waals surface area contributed by atoms with Crippen LogP contribution in [0, 0.1) is 0 Å². The zero-order valence-electron chi connectivity index (χ0n) is 10.7. The molecule has 0 saturated heterocycles. The van der Waals surface area contributed by atoms with Gasteiger partial charge in [-0.3, -0.25) is 0 Å². The van der Waals surface area contributed by atoms with Gasteiger partial charge in [-0.25, -0.2) is 0 Å². The largest absolute Gasteiger partial charge is 2.00 e. The van der Waals surface area contributed by atoms with Crippen molar-refractivity contribution in [1.29, 1.82) is 0 Å². The van der Waals surface area contributed by atoms with Gasteiger partial charge >= 0.3 is 42.1 Å². The summed E-state index contributed by atoms with van der Waals surface area (Å²) >= 11 is 0. The van der Waals surface area contributed by atoms with Crippen molar-refractivity contribution in [3.05, 3.63) is 0 Å². The zero-order valence-corrected chi connectivity index (χ0v) is 16.8. The van der Waals surface area contributed by atoms with Crippen molar-refractivity contribution in [2.45, 2.75) is 37.8 Å². The Hall–Kier alpha value is 0.737. The summed E-state index contributed by atoms with van der Waals surface area (Å²) in [5, 5.41) is 16.5. The molecule has 0 radical (unpaired) electrons. The molecular formula is C8H22Cl2N4O4Pt2. The maximum atomic E-state index is 8.25. The van der Waals surface area contributed by atoms with Gasteiger partial charge in [0, 0.05) is 25.0 Å². The molecule has 1 unspecified atom stereocenters. The molecule has 1 aliphatic rings. The van der Waals surface area contributed by atoms with E-state index in [-0.39, 0.29) is 91.3 Å². The molecule has 1 rings (SSSR count). The van der Waals surface area contributed by atoms with Crippen molar-refractivity contribution in [2.24, 2.45) is 11.5 Å². The topological polar surface area (TPSA) is 202 Å². The van der Waals surface area contributed by atoms with Crippen LogP contribution in [-0.2, 0) is 51.7 Å². The Morgan fingerprint density at radius 3 is 1.05 bits per heavy atom. The van der Waals surface area contributed by atoms with E-state index in [0.717, 1.165) is 12.8 Å². The third-order valence-corrected chi connectivity index (χ3v) is 1.87. The van der Waals surface area contributed by atoms with E-state index in [1.54, 1.807) is 0 Å². The van der Waals surface area contributed by atoms with Gasteiger partial charge in [0.1, 0.15) is 0 Å². The fraction of sp³-hybridized carbons (Fsp3) is 0.750. The summed E-state index contributed by atoms with van der Waals surface area (Å²) in [6, 6.07) is 0.562. The predicted octanol–water partition coefficient (Wildman–Crippen LogP) is -8.73. The summed E-state index contributed by atoms with van der Waals surface area (Å²) in [4.78, 5) is 16.5. The fourth-order valence-corrected chi connectivity index (χ4v) is 1.19. The van der Waals surface area contributed by atoms with Gasteiger partial charge in [-0.2, -0.15) is 0 Å². The first kappa shape index (κ1) is 49.8. The Bertz CT molecular complexity index is 150. The Morgan fingerprint density at radius 1 is 0.800 bits per heavy atom.